The quantitative estimate of drug-likeness (QED) is 0.629. The van der Waals surface area contributed by atoms with Gasteiger partial charge in [0.1, 0.15) is 6.04 Å². The number of thioether (sulfide) groups is 1. The van der Waals surface area contributed by atoms with Crippen LogP contribution in [0.4, 0.5) is 5.69 Å². The van der Waals surface area contributed by atoms with E-state index in [-0.39, 0.29) is 12.5 Å². The summed E-state index contributed by atoms with van der Waals surface area (Å²) < 4.78 is 5.27. The van der Waals surface area contributed by atoms with Crippen LogP contribution in [0.5, 0.6) is 0 Å². The molecule has 0 saturated heterocycles. The first-order valence-corrected chi connectivity index (χ1v) is 11.4. The molecule has 0 fully saturated rings. The predicted molar refractivity (Wildman–Crippen MR) is 119 cm³/mol. The number of esters is 1. The Morgan fingerprint density at radius 1 is 1.17 bits per heavy atom. The number of nitrogens with zero attached hydrogens (tertiary/aromatic N) is 1. The van der Waals surface area contributed by atoms with Crippen LogP contribution >= 0.6 is 23.4 Å². The number of amides is 2. The molecule has 0 unspecified atom stereocenters. The third-order valence-electron chi connectivity index (χ3n) is 4.83. The van der Waals surface area contributed by atoms with Gasteiger partial charge in [0.15, 0.2) is 6.61 Å². The molecular formula is C22H23ClN2O4S. The number of carbonyl (C=O) groups is 3. The molecule has 0 radical (unpaired) electrons. The monoisotopic (exact) mass is 446 g/mol. The number of nitrogens with one attached hydrogen (secondary N) is 1. The Kier molecular flexibility index (Phi) is 7.76. The average Bonchev–Trinajstić information content (AvgIpc) is 3.19. The zero-order valence-electron chi connectivity index (χ0n) is 16.6. The Balaban J connectivity index is 1.59. The van der Waals surface area contributed by atoms with Crippen molar-refractivity contribution in [1.29, 1.82) is 0 Å². The highest BCUT2D eigenvalue weighted by atomic mass is 35.5. The molecule has 3 rings (SSSR count). The van der Waals surface area contributed by atoms with E-state index in [1.54, 1.807) is 40.9 Å². The highest BCUT2D eigenvalue weighted by Crippen LogP contribution is 2.27. The van der Waals surface area contributed by atoms with Gasteiger partial charge in [-0.1, -0.05) is 29.8 Å². The van der Waals surface area contributed by atoms with Gasteiger partial charge in [0.25, 0.3) is 11.8 Å². The third kappa shape index (κ3) is 5.55. The largest absolute Gasteiger partial charge is 0.454 e. The summed E-state index contributed by atoms with van der Waals surface area (Å²) in [6.45, 7) is 0.207. The Morgan fingerprint density at radius 3 is 2.63 bits per heavy atom. The van der Waals surface area contributed by atoms with Crippen LogP contribution in [0.2, 0.25) is 5.02 Å². The van der Waals surface area contributed by atoms with Crippen LogP contribution in [-0.4, -0.2) is 49.0 Å². The van der Waals surface area contributed by atoms with Gasteiger partial charge in [-0.15, -0.1) is 0 Å². The maximum atomic E-state index is 12.6. The van der Waals surface area contributed by atoms with E-state index in [9.17, 15) is 14.4 Å². The molecular weight excluding hydrogens is 424 g/mol. The fourth-order valence-corrected chi connectivity index (χ4v) is 3.83. The number of hydrogen-bond donors (Lipinski definition) is 1. The third-order valence-corrected chi connectivity index (χ3v) is 5.73. The van der Waals surface area contributed by atoms with Gasteiger partial charge in [0.2, 0.25) is 0 Å². The summed E-state index contributed by atoms with van der Waals surface area (Å²) >= 11 is 7.41. The van der Waals surface area contributed by atoms with Gasteiger partial charge >= 0.3 is 5.97 Å². The fourth-order valence-electron chi connectivity index (χ4n) is 3.24. The van der Waals surface area contributed by atoms with Crippen molar-refractivity contribution < 1.29 is 19.1 Å². The Labute approximate surface area is 184 Å². The van der Waals surface area contributed by atoms with Crippen LogP contribution in [-0.2, 0) is 20.7 Å². The number of ether oxygens (including phenoxy) is 1. The van der Waals surface area contributed by atoms with Crippen LogP contribution in [0.3, 0.4) is 0 Å². The number of anilines is 1. The smallest absolute Gasteiger partial charge is 0.329 e. The lowest BCUT2D eigenvalue weighted by atomic mass is 10.1. The maximum Gasteiger partial charge on any atom is 0.329 e. The van der Waals surface area contributed by atoms with Crippen molar-refractivity contribution in [1.82, 2.24) is 5.32 Å². The molecule has 1 aliphatic heterocycles. The minimum absolute atomic E-state index is 0.277. The second-order valence-corrected chi connectivity index (χ2v) is 8.27. The van der Waals surface area contributed by atoms with Gasteiger partial charge in [-0.05, 0) is 60.7 Å². The molecule has 2 aromatic carbocycles. The number of halogens is 1. The molecule has 0 saturated carbocycles. The van der Waals surface area contributed by atoms with Crippen LogP contribution in [0.25, 0.3) is 0 Å². The molecule has 158 valence electrons. The van der Waals surface area contributed by atoms with E-state index in [0.29, 0.717) is 29.3 Å². The molecule has 8 heteroatoms. The van der Waals surface area contributed by atoms with Crippen molar-refractivity contribution >= 4 is 46.8 Å². The standard InChI is InChI=1S/C22H23ClN2O4S/c1-30-13-11-18(24-21(27)16-6-8-17(23)9-7-16)22(28)29-14-20(26)25-12-10-15-4-2-3-5-19(15)25/h2-9,18H,10-14H2,1H3,(H,24,27)/t18-/m0/s1. The zero-order chi connectivity index (χ0) is 21.5. The van der Waals surface area contributed by atoms with Crippen molar-refractivity contribution in [3.05, 3.63) is 64.7 Å². The summed E-state index contributed by atoms with van der Waals surface area (Å²) in [5.41, 5.74) is 2.35. The second-order valence-electron chi connectivity index (χ2n) is 6.85. The fraction of sp³-hybridized carbons (Fsp3) is 0.318. The summed E-state index contributed by atoms with van der Waals surface area (Å²) in [7, 11) is 0. The van der Waals surface area contributed by atoms with Crippen molar-refractivity contribution in [2.75, 3.05) is 30.1 Å². The number of hydrogen-bond acceptors (Lipinski definition) is 5. The molecule has 0 aliphatic carbocycles. The van der Waals surface area contributed by atoms with Crippen molar-refractivity contribution in [2.24, 2.45) is 0 Å². The van der Waals surface area contributed by atoms with E-state index in [1.165, 1.54) is 0 Å². The van der Waals surface area contributed by atoms with E-state index in [1.807, 2.05) is 30.5 Å². The number of rotatable bonds is 8. The Morgan fingerprint density at radius 2 is 1.90 bits per heavy atom. The number of benzene rings is 2. The molecule has 2 amide bonds. The molecule has 0 bridgehead atoms. The summed E-state index contributed by atoms with van der Waals surface area (Å²) in [5.74, 6) is -0.628. The van der Waals surface area contributed by atoms with Crippen LogP contribution in [0.15, 0.2) is 48.5 Å². The second kappa shape index (κ2) is 10.5. The topological polar surface area (TPSA) is 75.7 Å². The number of fused-ring (bicyclic) bond motifs is 1. The highest BCUT2D eigenvalue weighted by Gasteiger charge is 2.27. The lowest BCUT2D eigenvalue weighted by molar-refractivity contribution is -0.149. The first kappa shape index (κ1) is 22.2. The highest BCUT2D eigenvalue weighted by molar-refractivity contribution is 7.98. The van der Waals surface area contributed by atoms with E-state index in [0.717, 1.165) is 17.7 Å². The summed E-state index contributed by atoms with van der Waals surface area (Å²) in [4.78, 5) is 39.3. The molecule has 1 atom stereocenters. The molecule has 2 aromatic rings. The molecule has 0 spiro atoms. The predicted octanol–water partition coefficient (Wildman–Crippen LogP) is 3.32. The van der Waals surface area contributed by atoms with Gasteiger partial charge in [-0.3, -0.25) is 9.59 Å². The molecule has 30 heavy (non-hydrogen) atoms. The Hall–Kier alpha value is -2.51. The zero-order valence-corrected chi connectivity index (χ0v) is 18.2. The summed E-state index contributed by atoms with van der Waals surface area (Å²) in [5, 5.41) is 3.22. The van der Waals surface area contributed by atoms with E-state index < -0.39 is 17.9 Å². The molecule has 1 aliphatic rings. The molecule has 0 aromatic heterocycles. The van der Waals surface area contributed by atoms with Crippen LogP contribution in [0.1, 0.15) is 22.3 Å². The van der Waals surface area contributed by atoms with Crippen molar-refractivity contribution in [2.45, 2.75) is 18.9 Å². The average molecular weight is 447 g/mol. The maximum absolute atomic E-state index is 12.6. The van der Waals surface area contributed by atoms with Gasteiger partial charge in [-0.2, -0.15) is 11.8 Å². The normalized spacial score (nSPS) is 13.5. The summed E-state index contributed by atoms with van der Waals surface area (Å²) in [6.07, 6.45) is 3.10. The molecule has 1 N–H and O–H groups in total. The van der Waals surface area contributed by atoms with Crippen molar-refractivity contribution in [3.8, 4) is 0 Å². The molecule has 1 heterocycles. The van der Waals surface area contributed by atoms with Gasteiger partial charge < -0.3 is 15.0 Å². The Bertz CT molecular complexity index is 920. The van der Waals surface area contributed by atoms with Crippen molar-refractivity contribution in [3.63, 3.8) is 0 Å². The van der Waals surface area contributed by atoms with Crippen LogP contribution < -0.4 is 10.2 Å². The lowest BCUT2D eigenvalue weighted by Gasteiger charge is -2.20. The minimum Gasteiger partial charge on any atom is -0.454 e. The summed E-state index contributed by atoms with van der Waals surface area (Å²) in [6, 6.07) is 13.2. The van der Waals surface area contributed by atoms with Crippen LogP contribution in [0, 0.1) is 0 Å². The SMILES string of the molecule is CSCC[C@H](NC(=O)c1ccc(Cl)cc1)C(=O)OCC(=O)N1CCc2ccccc21. The van der Waals surface area contributed by atoms with E-state index in [2.05, 4.69) is 5.32 Å². The van der Waals surface area contributed by atoms with Gasteiger partial charge in [0, 0.05) is 22.8 Å². The van der Waals surface area contributed by atoms with Gasteiger partial charge in [0.05, 0.1) is 0 Å². The number of para-hydroxylation sites is 1. The first-order valence-electron chi connectivity index (χ1n) is 9.60. The number of carbonyl (C=O) groups excluding carboxylic acids is 3. The minimum atomic E-state index is -0.834. The first-order chi connectivity index (χ1) is 14.5. The van der Waals surface area contributed by atoms with E-state index >= 15 is 0 Å². The van der Waals surface area contributed by atoms with Gasteiger partial charge in [-0.25, -0.2) is 4.79 Å². The lowest BCUT2D eigenvalue weighted by Crippen LogP contribution is -2.43. The van der Waals surface area contributed by atoms with E-state index in [4.69, 9.17) is 16.3 Å². The molecule has 6 nitrogen and oxygen atoms in total.